The van der Waals surface area contributed by atoms with Gasteiger partial charge in [-0.2, -0.15) is 13.2 Å². The summed E-state index contributed by atoms with van der Waals surface area (Å²) in [7, 11) is 0. The Balaban J connectivity index is 1.57. The van der Waals surface area contributed by atoms with E-state index in [0.717, 1.165) is 11.5 Å². The summed E-state index contributed by atoms with van der Waals surface area (Å²) in [5.41, 5.74) is -4.04. The van der Waals surface area contributed by atoms with Crippen molar-refractivity contribution in [3.8, 4) is 11.8 Å². The Morgan fingerprint density at radius 1 is 1.05 bits per heavy atom. The summed E-state index contributed by atoms with van der Waals surface area (Å²) in [6.07, 6.45) is -4.57. The third kappa shape index (κ3) is 6.18. The summed E-state index contributed by atoms with van der Waals surface area (Å²) >= 11 is 0. The molecule has 0 spiro atoms. The van der Waals surface area contributed by atoms with Crippen molar-refractivity contribution in [3.05, 3.63) is 76.9 Å². The number of benzene rings is 3. The third-order valence-corrected chi connectivity index (χ3v) is 8.39. The van der Waals surface area contributed by atoms with Crippen LogP contribution in [0.4, 0.5) is 18.9 Å². The van der Waals surface area contributed by atoms with Crippen molar-refractivity contribution in [1.29, 1.82) is 0 Å². The second kappa shape index (κ2) is 13.0. The van der Waals surface area contributed by atoms with E-state index in [9.17, 15) is 27.9 Å². The van der Waals surface area contributed by atoms with Gasteiger partial charge in [-0.25, -0.2) is 0 Å². The molecule has 232 valence electrons. The van der Waals surface area contributed by atoms with E-state index >= 15 is 0 Å². The summed E-state index contributed by atoms with van der Waals surface area (Å²) in [4.78, 5) is 31.6. The lowest BCUT2D eigenvalue weighted by atomic mass is 9.83. The first-order valence-electron chi connectivity index (χ1n) is 14.9. The number of morpholine rings is 1. The highest BCUT2D eigenvalue weighted by Crippen LogP contribution is 2.51. The minimum Gasteiger partial charge on any atom is -0.378 e. The molecule has 0 aliphatic carbocycles. The van der Waals surface area contributed by atoms with Gasteiger partial charge in [0.05, 0.1) is 24.5 Å². The fourth-order valence-corrected chi connectivity index (χ4v) is 5.92. The van der Waals surface area contributed by atoms with Crippen molar-refractivity contribution in [1.82, 2.24) is 9.80 Å². The number of carbonyl (C=O) groups is 2. The number of anilines is 1. The van der Waals surface area contributed by atoms with Crippen LogP contribution in [0.2, 0.25) is 0 Å². The van der Waals surface area contributed by atoms with Crippen LogP contribution in [0.15, 0.2) is 54.6 Å². The Morgan fingerprint density at radius 2 is 1.75 bits per heavy atom. The molecule has 10 heteroatoms. The highest BCUT2D eigenvalue weighted by atomic mass is 19.4. The smallest absolute Gasteiger partial charge is 0.378 e. The normalized spacial score (nSPS) is 18.5. The SMILES string of the molecule is CCN(CC)CCN1C(=O)C(O)(c2ccc3ccccc3c2)c2c1cc(C#CCCC(=O)N1CCOCC1)cc2C(F)(F)F. The quantitative estimate of drug-likeness (QED) is 0.374. The molecule has 0 saturated carbocycles. The second-order valence-electron chi connectivity index (χ2n) is 11.0. The molecule has 0 bridgehead atoms. The van der Waals surface area contributed by atoms with Crippen molar-refractivity contribution in [2.45, 2.75) is 38.5 Å². The lowest BCUT2D eigenvalue weighted by molar-refractivity contribution is -0.142. The molecular formula is C34H36F3N3O4. The maximum Gasteiger partial charge on any atom is 0.416 e. The minimum atomic E-state index is -4.88. The third-order valence-electron chi connectivity index (χ3n) is 8.39. The van der Waals surface area contributed by atoms with E-state index in [-0.39, 0.29) is 42.1 Å². The summed E-state index contributed by atoms with van der Waals surface area (Å²) in [6, 6.07) is 14.4. The van der Waals surface area contributed by atoms with Gasteiger partial charge in [-0.15, -0.1) is 0 Å². The number of fused-ring (bicyclic) bond motifs is 2. The van der Waals surface area contributed by atoms with Crippen molar-refractivity contribution >= 4 is 28.3 Å². The average molecular weight is 608 g/mol. The summed E-state index contributed by atoms with van der Waals surface area (Å²) in [6.45, 7) is 7.78. The van der Waals surface area contributed by atoms with E-state index in [1.807, 2.05) is 26.0 Å². The van der Waals surface area contributed by atoms with E-state index in [1.165, 1.54) is 17.0 Å². The van der Waals surface area contributed by atoms with Crippen LogP contribution in [0, 0.1) is 11.8 Å². The number of nitrogens with zero attached hydrogens (tertiary/aromatic N) is 3. The molecule has 2 heterocycles. The number of amides is 2. The van der Waals surface area contributed by atoms with Crippen LogP contribution in [0.3, 0.4) is 0 Å². The van der Waals surface area contributed by atoms with Gasteiger partial charge in [0.2, 0.25) is 5.91 Å². The monoisotopic (exact) mass is 607 g/mol. The Kier molecular flexibility index (Phi) is 9.30. The van der Waals surface area contributed by atoms with Gasteiger partial charge >= 0.3 is 6.18 Å². The average Bonchev–Trinajstić information content (AvgIpc) is 3.25. The zero-order valence-corrected chi connectivity index (χ0v) is 24.9. The molecule has 1 N–H and O–H groups in total. The first-order chi connectivity index (χ1) is 21.1. The number of rotatable bonds is 8. The number of likely N-dealkylation sites (N-methyl/N-ethyl adjacent to an activating group) is 1. The molecular weight excluding hydrogens is 571 g/mol. The molecule has 1 fully saturated rings. The Labute approximate surface area is 255 Å². The van der Waals surface area contributed by atoms with Crippen molar-refractivity contribution < 1.29 is 32.6 Å². The molecule has 1 unspecified atom stereocenters. The molecule has 1 saturated heterocycles. The molecule has 3 aromatic rings. The van der Waals surface area contributed by atoms with Crippen LogP contribution in [-0.2, 0) is 26.1 Å². The van der Waals surface area contributed by atoms with Gasteiger partial charge in [-0.3, -0.25) is 9.59 Å². The zero-order valence-electron chi connectivity index (χ0n) is 24.9. The van der Waals surface area contributed by atoms with Gasteiger partial charge in [0.25, 0.3) is 5.91 Å². The van der Waals surface area contributed by atoms with Gasteiger partial charge in [-0.1, -0.05) is 62.1 Å². The molecule has 7 nitrogen and oxygen atoms in total. The lowest BCUT2D eigenvalue weighted by Gasteiger charge is -2.26. The summed E-state index contributed by atoms with van der Waals surface area (Å²) in [5.74, 6) is 4.71. The highest BCUT2D eigenvalue weighted by molar-refractivity contribution is 6.10. The maximum atomic E-state index is 14.8. The Morgan fingerprint density at radius 3 is 2.43 bits per heavy atom. The lowest BCUT2D eigenvalue weighted by Crippen LogP contribution is -2.44. The van der Waals surface area contributed by atoms with Crippen LogP contribution in [-0.4, -0.2) is 79.2 Å². The van der Waals surface area contributed by atoms with Crippen LogP contribution in [0.1, 0.15) is 48.9 Å². The molecule has 1 atom stereocenters. The second-order valence-corrected chi connectivity index (χ2v) is 11.0. The predicted octanol–water partition coefficient (Wildman–Crippen LogP) is 4.77. The van der Waals surface area contributed by atoms with Crippen LogP contribution in [0.25, 0.3) is 10.8 Å². The number of hydrogen-bond donors (Lipinski definition) is 1. The van der Waals surface area contributed by atoms with E-state index in [0.29, 0.717) is 51.3 Å². The topological polar surface area (TPSA) is 73.3 Å². The number of alkyl halides is 3. The van der Waals surface area contributed by atoms with E-state index in [4.69, 9.17) is 4.74 Å². The van der Waals surface area contributed by atoms with Crippen LogP contribution >= 0.6 is 0 Å². The van der Waals surface area contributed by atoms with Crippen molar-refractivity contribution in [2.24, 2.45) is 0 Å². The Bertz CT molecular complexity index is 1600. The number of hydrogen-bond acceptors (Lipinski definition) is 5. The largest absolute Gasteiger partial charge is 0.416 e. The maximum absolute atomic E-state index is 14.8. The molecule has 0 aromatic heterocycles. The molecule has 5 rings (SSSR count). The zero-order chi connectivity index (χ0) is 31.5. The summed E-state index contributed by atoms with van der Waals surface area (Å²) in [5, 5.41) is 13.7. The van der Waals surface area contributed by atoms with Gasteiger partial charge < -0.3 is 24.5 Å². The van der Waals surface area contributed by atoms with Gasteiger partial charge in [-0.05, 0) is 47.6 Å². The molecule has 2 aliphatic rings. The first-order valence-corrected chi connectivity index (χ1v) is 14.9. The number of carbonyl (C=O) groups excluding carboxylic acids is 2. The van der Waals surface area contributed by atoms with Gasteiger partial charge in [0, 0.05) is 50.1 Å². The minimum absolute atomic E-state index is 0.0127. The van der Waals surface area contributed by atoms with Gasteiger partial charge in [0.1, 0.15) is 0 Å². The molecule has 2 amide bonds. The van der Waals surface area contributed by atoms with E-state index in [2.05, 4.69) is 16.7 Å². The fourth-order valence-electron chi connectivity index (χ4n) is 5.92. The predicted molar refractivity (Wildman–Crippen MR) is 162 cm³/mol. The number of halogens is 3. The molecule has 44 heavy (non-hydrogen) atoms. The number of aliphatic hydroxyl groups is 1. The van der Waals surface area contributed by atoms with E-state index < -0.39 is 28.8 Å². The first kappa shape index (κ1) is 31.5. The molecule has 0 radical (unpaired) electrons. The summed E-state index contributed by atoms with van der Waals surface area (Å²) < 4.78 is 49.5. The molecule has 3 aromatic carbocycles. The van der Waals surface area contributed by atoms with Crippen molar-refractivity contribution in [2.75, 3.05) is 57.4 Å². The number of ether oxygens (including phenoxy) is 1. The standard InChI is InChI=1S/C34H36F3N3O4/c1-3-38(4-2)15-16-40-29-22-24(9-5-8-12-30(41)39-17-19-44-20-18-39)21-28(34(35,36)37)31(29)33(43,32(40)42)27-14-13-25-10-6-7-11-26(25)23-27/h6-7,10-11,13-14,21-23,43H,3-4,8,12,15-20H2,1-2H3. The Hall–Kier alpha value is -3.91. The van der Waals surface area contributed by atoms with Crippen LogP contribution < -0.4 is 4.90 Å². The van der Waals surface area contributed by atoms with Crippen LogP contribution in [0.5, 0.6) is 0 Å². The van der Waals surface area contributed by atoms with Gasteiger partial charge in [0.15, 0.2) is 5.60 Å². The molecule has 2 aliphatic heterocycles. The fraction of sp³-hybridized carbons (Fsp3) is 0.412. The van der Waals surface area contributed by atoms with E-state index in [1.54, 1.807) is 29.2 Å². The van der Waals surface area contributed by atoms with Crippen molar-refractivity contribution in [3.63, 3.8) is 0 Å². The highest BCUT2D eigenvalue weighted by Gasteiger charge is 2.55.